The first-order chi connectivity index (χ1) is 19.1. The predicted octanol–water partition coefficient (Wildman–Crippen LogP) is 4.95. The van der Waals surface area contributed by atoms with Crippen molar-refractivity contribution in [2.75, 3.05) is 13.7 Å². The van der Waals surface area contributed by atoms with Crippen molar-refractivity contribution in [2.45, 2.75) is 37.6 Å². The van der Waals surface area contributed by atoms with Crippen LogP contribution in [-0.4, -0.2) is 46.6 Å². The van der Waals surface area contributed by atoms with Gasteiger partial charge in [-0.2, -0.15) is 23.5 Å². The van der Waals surface area contributed by atoms with Gasteiger partial charge in [-0.25, -0.2) is 15.0 Å². The van der Waals surface area contributed by atoms with Gasteiger partial charge in [0, 0.05) is 23.7 Å². The van der Waals surface area contributed by atoms with Crippen molar-refractivity contribution in [1.82, 2.24) is 20.4 Å². The number of pyridine rings is 1. The minimum atomic E-state index is -4.58. The lowest BCUT2D eigenvalue weighted by atomic mass is 9.77. The average Bonchev–Trinajstić information content (AvgIpc) is 3.34. The number of hydrogen-bond acceptors (Lipinski definition) is 7. The fourth-order valence-corrected chi connectivity index (χ4v) is 5.29. The van der Waals surface area contributed by atoms with Gasteiger partial charge in [0.1, 0.15) is 18.5 Å². The molecule has 5 rings (SSSR count). The van der Waals surface area contributed by atoms with Crippen LogP contribution >= 0.6 is 11.6 Å². The first-order valence-corrected chi connectivity index (χ1v) is 12.7. The van der Waals surface area contributed by atoms with Crippen molar-refractivity contribution in [3.8, 4) is 6.07 Å². The number of halogens is 4. The number of methoxy groups -OCH3 is 1. The molecule has 3 unspecified atom stereocenters. The lowest BCUT2D eigenvalue weighted by molar-refractivity contribution is -0.159. The van der Waals surface area contributed by atoms with Gasteiger partial charge in [0.05, 0.1) is 24.1 Å². The molecule has 2 aromatic carbocycles. The van der Waals surface area contributed by atoms with Crippen LogP contribution in [0.15, 0.2) is 65.8 Å². The second-order valence-corrected chi connectivity index (χ2v) is 9.94. The van der Waals surface area contributed by atoms with Gasteiger partial charge < -0.3 is 4.74 Å². The van der Waals surface area contributed by atoms with Crippen molar-refractivity contribution < 1.29 is 22.7 Å². The number of hydrazine groups is 1. The van der Waals surface area contributed by atoms with Crippen molar-refractivity contribution >= 4 is 23.3 Å². The molecule has 0 spiro atoms. The molecule has 8 nitrogen and oxygen atoms in total. The van der Waals surface area contributed by atoms with E-state index in [1.54, 1.807) is 41.4 Å². The molecule has 1 fully saturated rings. The topological polar surface area (TPSA) is 93.8 Å². The van der Waals surface area contributed by atoms with E-state index in [0.717, 1.165) is 11.6 Å². The van der Waals surface area contributed by atoms with Gasteiger partial charge in [-0.05, 0) is 53.9 Å². The van der Waals surface area contributed by atoms with Gasteiger partial charge in [-0.3, -0.25) is 10.2 Å². The molecule has 1 N–H and O–H groups in total. The van der Waals surface area contributed by atoms with Crippen molar-refractivity contribution in [2.24, 2.45) is 5.10 Å². The van der Waals surface area contributed by atoms with Crippen molar-refractivity contribution in [3.63, 3.8) is 0 Å². The molecule has 2 aliphatic heterocycles. The molecule has 3 atom stereocenters. The number of alkyl halides is 3. The summed E-state index contributed by atoms with van der Waals surface area (Å²) in [5, 5.41) is 17.5. The first-order valence-electron chi connectivity index (χ1n) is 12.3. The molecule has 0 radical (unpaired) electrons. The summed E-state index contributed by atoms with van der Waals surface area (Å²) in [5.41, 5.74) is 4.71. The highest BCUT2D eigenvalue weighted by molar-refractivity contribution is 6.30. The molecule has 1 amide bonds. The van der Waals surface area contributed by atoms with Crippen LogP contribution in [0.2, 0.25) is 5.02 Å². The zero-order valence-electron chi connectivity index (χ0n) is 21.5. The summed E-state index contributed by atoms with van der Waals surface area (Å²) >= 11 is 6.16. The summed E-state index contributed by atoms with van der Waals surface area (Å²) < 4.78 is 45.1. The Morgan fingerprint density at radius 3 is 2.35 bits per heavy atom. The molecule has 2 aliphatic rings. The summed E-state index contributed by atoms with van der Waals surface area (Å²) in [6.07, 6.45) is -5.12. The van der Waals surface area contributed by atoms with E-state index in [2.05, 4.69) is 21.6 Å². The fraction of sp³-hybridized carbons (Fsp3) is 0.286. The third-order valence-electron chi connectivity index (χ3n) is 7.07. The van der Waals surface area contributed by atoms with E-state index >= 15 is 0 Å². The summed E-state index contributed by atoms with van der Waals surface area (Å²) in [5.74, 6) is -1.02. The molecule has 40 heavy (non-hydrogen) atoms. The lowest BCUT2D eigenvalue weighted by Gasteiger charge is -2.48. The zero-order valence-corrected chi connectivity index (χ0v) is 22.2. The van der Waals surface area contributed by atoms with E-state index in [1.807, 2.05) is 12.1 Å². The Morgan fingerprint density at radius 2 is 1.75 bits per heavy atom. The molecule has 1 aromatic heterocycles. The molecular weight excluding hydrogens is 545 g/mol. The summed E-state index contributed by atoms with van der Waals surface area (Å²) in [7, 11) is 1.51. The third-order valence-corrected chi connectivity index (χ3v) is 7.32. The fourth-order valence-electron chi connectivity index (χ4n) is 5.16. The normalized spacial score (nSPS) is 20.6. The first kappa shape index (κ1) is 27.4. The molecule has 0 aliphatic carbocycles. The number of fused-ring (bicyclic) bond motifs is 1. The van der Waals surface area contributed by atoms with Crippen LogP contribution in [0.1, 0.15) is 45.5 Å². The Morgan fingerprint density at radius 1 is 1.07 bits per heavy atom. The number of nitriles is 1. The molecule has 0 saturated carbocycles. The molecule has 3 heterocycles. The van der Waals surface area contributed by atoms with Gasteiger partial charge in [0.2, 0.25) is 5.91 Å². The number of carbonyl (C=O) groups is 1. The summed E-state index contributed by atoms with van der Waals surface area (Å²) in [4.78, 5) is 18.2. The van der Waals surface area contributed by atoms with E-state index in [9.17, 15) is 23.2 Å². The number of aromatic nitrogens is 1. The Kier molecular flexibility index (Phi) is 7.40. The Labute approximate surface area is 233 Å². The number of nitrogens with zero attached hydrogens (tertiary/aromatic N) is 5. The zero-order chi connectivity index (χ0) is 28.6. The third kappa shape index (κ3) is 5.08. The molecular formula is C28H24ClF3N6O2. The van der Waals surface area contributed by atoms with Crippen LogP contribution in [0.25, 0.3) is 0 Å². The summed E-state index contributed by atoms with van der Waals surface area (Å²) in [6.45, 7) is 1.53. The lowest BCUT2D eigenvalue weighted by Crippen LogP contribution is -2.63. The van der Waals surface area contributed by atoms with Crippen molar-refractivity contribution in [3.05, 3.63) is 99.3 Å². The molecule has 206 valence electrons. The number of amidine groups is 1. The molecule has 1 saturated heterocycles. The summed E-state index contributed by atoms with van der Waals surface area (Å²) in [6, 6.07) is 18.3. The highest BCUT2D eigenvalue weighted by Gasteiger charge is 2.52. The van der Waals surface area contributed by atoms with E-state index in [-0.39, 0.29) is 24.8 Å². The molecule has 3 aromatic rings. The number of ether oxygens (including phenoxy) is 1. The predicted molar refractivity (Wildman–Crippen MR) is 141 cm³/mol. The maximum atomic E-state index is 14.4. The SMILES string of the molecule is COCC1=NNC2C(c3ccc(Cl)cc3)C(c3ccc(C#N)cc3)C(=O)N(Cc3ccc(C(F)(F)F)nc3C)N12. The highest BCUT2D eigenvalue weighted by Crippen LogP contribution is 2.45. The van der Waals surface area contributed by atoms with Gasteiger partial charge in [0.15, 0.2) is 5.84 Å². The largest absolute Gasteiger partial charge is 0.433 e. The van der Waals surface area contributed by atoms with Crippen LogP contribution in [0, 0.1) is 18.3 Å². The van der Waals surface area contributed by atoms with E-state index < -0.39 is 29.9 Å². The van der Waals surface area contributed by atoms with Crippen molar-refractivity contribution in [1.29, 1.82) is 5.26 Å². The Balaban J connectivity index is 1.62. The van der Waals surface area contributed by atoms with Crippen LogP contribution in [0.5, 0.6) is 0 Å². The van der Waals surface area contributed by atoms with E-state index in [4.69, 9.17) is 16.3 Å². The number of benzene rings is 2. The van der Waals surface area contributed by atoms with Gasteiger partial charge >= 0.3 is 6.18 Å². The van der Waals surface area contributed by atoms with Gasteiger partial charge in [0.25, 0.3) is 0 Å². The molecule has 12 heteroatoms. The standard InChI is InChI=1S/C28H24ClF3N6O2/c1-16-20(9-12-22(34-16)28(30,31)32)14-37-27(39)25(19-5-3-17(13-33)4-6-19)24(18-7-10-21(29)11-8-18)26-36-35-23(15-40-2)38(26)37/h3-12,24-26,36H,14-15H2,1-2H3. The molecule has 0 bridgehead atoms. The second kappa shape index (κ2) is 10.8. The number of rotatable bonds is 6. The second-order valence-electron chi connectivity index (χ2n) is 9.50. The Bertz CT molecular complexity index is 1490. The van der Waals surface area contributed by atoms with Gasteiger partial charge in [-0.15, -0.1) is 0 Å². The number of hydrogen-bond donors (Lipinski definition) is 1. The van der Waals surface area contributed by atoms with Gasteiger partial charge in [-0.1, -0.05) is 41.9 Å². The van der Waals surface area contributed by atoms with E-state index in [0.29, 0.717) is 27.5 Å². The number of nitrogens with one attached hydrogen (secondary N) is 1. The monoisotopic (exact) mass is 568 g/mol. The van der Waals surface area contributed by atoms with Crippen LogP contribution < -0.4 is 5.43 Å². The number of hydrazone groups is 1. The van der Waals surface area contributed by atoms with Crippen LogP contribution in [-0.2, 0) is 22.3 Å². The maximum absolute atomic E-state index is 14.4. The minimum absolute atomic E-state index is 0.0448. The van der Waals surface area contributed by atoms with Crippen LogP contribution in [0.3, 0.4) is 0 Å². The highest BCUT2D eigenvalue weighted by atomic mass is 35.5. The average molecular weight is 569 g/mol. The minimum Gasteiger partial charge on any atom is -0.377 e. The quantitative estimate of drug-likeness (QED) is 0.452. The number of aryl methyl sites for hydroxylation is 1. The smallest absolute Gasteiger partial charge is 0.377 e. The Hall–Kier alpha value is -4.14. The van der Waals surface area contributed by atoms with Crippen LogP contribution in [0.4, 0.5) is 13.2 Å². The van der Waals surface area contributed by atoms with E-state index in [1.165, 1.54) is 25.1 Å². The maximum Gasteiger partial charge on any atom is 0.433 e. The number of carbonyl (C=O) groups excluding carboxylic acids is 1. The number of amides is 1.